The SMILES string of the molecule is CCOCCn1c(N2CC[N+]3(CCCC3)CC2)nc2ccccc21.[Br-]. The lowest BCUT2D eigenvalue weighted by Gasteiger charge is -2.42. The summed E-state index contributed by atoms with van der Waals surface area (Å²) < 4.78 is 9.30. The highest BCUT2D eigenvalue weighted by molar-refractivity contribution is 5.78. The molecular weight excluding hydrogens is 380 g/mol. The van der Waals surface area contributed by atoms with Gasteiger partial charge in [-0.2, -0.15) is 0 Å². The van der Waals surface area contributed by atoms with Crippen molar-refractivity contribution in [1.82, 2.24) is 9.55 Å². The maximum atomic E-state index is 5.60. The summed E-state index contributed by atoms with van der Waals surface area (Å²) in [6, 6.07) is 8.48. The molecule has 6 heteroatoms. The fourth-order valence-electron chi connectivity index (χ4n) is 4.37. The van der Waals surface area contributed by atoms with Gasteiger partial charge in [0, 0.05) is 26.0 Å². The first-order valence-corrected chi connectivity index (χ1v) is 9.44. The lowest BCUT2D eigenvalue weighted by molar-refractivity contribution is -0.917. The number of para-hydroxylation sites is 2. The van der Waals surface area contributed by atoms with E-state index in [4.69, 9.17) is 9.72 Å². The third kappa shape index (κ3) is 3.71. The summed E-state index contributed by atoms with van der Waals surface area (Å²) in [5.41, 5.74) is 2.32. The Bertz CT molecular complexity index is 686. The molecular formula is C19H29BrN4O. The van der Waals surface area contributed by atoms with Gasteiger partial charge in [-0.05, 0) is 19.1 Å². The number of halogens is 1. The molecule has 3 heterocycles. The summed E-state index contributed by atoms with van der Waals surface area (Å²) in [6.07, 6.45) is 2.82. The molecule has 0 saturated carbocycles. The Morgan fingerprint density at radius 2 is 1.80 bits per heavy atom. The van der Waals surface area contributed by atoms with Crippen molar-refractivity contribution in [2.45, 2.75) is 26.3 Å². The Kier molecular flexibility index (Phi) is 6.02. The summed E-state index contributed by atoms with van der Waals surface area (Å²) in [4.78, 5) is 7.45. The first-order chi connectivity index (χ1) is 11.8. The van der Waals surface area contributed by atoms with E-state index in [1.54, 1.807) is 0 Å². The number of ether oxygens (including phenoxy) is 1. The molecule has 2 saturated heterocycles. The Hall–Kier alpha value is -1.11. The Labute approximate surface area is 160 Å². The zero-order valence-corrected chi connectivity index (χ0v) is 16.7. The molecule has 0 unspecified atom stereocenters. The number of hydrogen-bond donors (Lipinski definition) is 0. The number of rotatable bonds is 5. The molecule has 1 aromatic heterocycles. The largest absolute Gasteiger partial charge is 1.00 e. The van der Waals surface area contributed by atoms with Crippen LogP contribution in [-0.2, 0) is 11.3 Å². The zero-order valence-electron chi connectivity index (χ0n) is 15.2. The monoisotopic (exact) mass is 408 g/mol. The van der Waals surface area contributed by atoms with Crippen LogP contribution < -0.4 is 21.9 Å². The lowest BCUT2D eigenvalue weighted by Crippen LogP contribution is -3.00. The fraction of sp³-hybridized carbons (Fsp3) is 0.632. The number of imidazole rings is 1. The highest BCUT2D eigenvalue weighted by atomic mass is 79.9. The van der Waals surface area contributed by atoms with Gasteiger partial charge in [-0.3, -0.25) is 0 Å². The molecule has 0 bridgehead atoms. The van der Waals surface area contributed by atoms with E-state index in [0.717, 1.165) is 44.3 Å². The first kappa shape index (κ1) is 18.7. The maximum Gasteiger partial charge on any atom is 0.207 e. The van der Waals surface area contributed by atoms with Crippen molar-refractivity contribution in [3.8, 4) is 0 Å². The van der Waals surface area contributed by atoms with Gasteiger partial charge in [0.05, 0.1) is 56.9 Å². The number of fused-ring (bicyclic) bond motifs is 1. The van der Waals surface area contributed by atoms with Gasteiger partial charge in [0.1, 0.15) is 0 Å². The number of aromatic nitrogens is 2. The van der Waals surface area contributed by atoms with Crippen molar-refractivity contribution >= 4 is 17.0 Å². The van der Waals surface area contributed by atoms with Gasteiger partial charge in [0.15, 0.2) is 0 Å². The lowest BCUT2D eigenvalue weighted by atomic mass is 10.2. The van der Waals surface area contributed by atoms with Gasteiger partial charge >= 0.3 is 0 Å². The summed E-state index contributed by atoms with van der Waals surface area (Å²) in [7, 11) is 0. The number of quaternary nitrogens is 1. The Morgan fingerprint density at radius 3 is 2.52 bits per heavy atom. The van der Waals surface area contributed by atoms with Gasteiger partial charge in [-0.15, -0.1) is 0 Å². The van der Waals surface area contributed by atoms with E-state index in [0.29, 0.717) is 0 Å². The smallest absolute Gasteiger partial charge is 0.207 e. The van der Waals surface area contributed by atoms with Crippen LogP contribution in [0.1, 0.15) is 19.8 Å². The molecule has 0 aliphatic carbocycles. The predicted octanol–water partition coefficient (Wildman–Crippen LogP) is -0.493. The van der Waals surface area contributed by atoms with E-state index < -0.39 is 0 Å². The van der Waals surface area contributed by atoms with E-state index in [1.807, 2.05) is 0 Å². The average molecular weight is 409 g/mol. The summed E-state index contributed by atoms with van der Waals surface area (Å²) in [6.45, 7) is 12.0. The quantitative estimate of drug-likeness (QED) is 0.493. The number of piperazine rings is 1. The Morgan fingerprint density at radius 1 is 1.08 bits per heavy atom. The van der Waals surface area contributed by atoms with Crippen molar-refractivity contribution in [2.24, 2.45) is 0 Å². The van der Waals surface area contributed by atoms with Crippen LogP contribution in [-0.4, -0.2) is 66.5 Å². The molecule has 1 aromatic carbocycles. The normalized spacial score (nSPS) is 19.5. The van der Waals surface area contributed by atoms with Crippen molar-refractivity contribution in [3.05, 3.63) is 24.3 Å². The highest BCUT2D eigenvalue weighted by Gasteiger charge is 2.36. The molecule has 2 aromatic rings. The molecule has 1 spiro atoms. The molecule has 0 atom stereocenters. The van der Waals surface area contributed by atoms with Crippen LogP contribution >= 0.6 is 0 Å². The van der Waals surface area contributed by atoms with Crippen LogP contribution in [0.25, 0.3) is 11.0 Å². The molecule has 4 rings (SSSR count). The Balaban J connectivity index is 0.00000182. The predicted molar refractivity (Wildman–Crippen MR) is 97.4 cm³/mol. The van der Waals surface area contributed by atoms with Gasteiger partial charge in [0.2, 0.25) is 5.95 Å². The average Bonchev–Trinajstić information content (AvgIpc) is 3.21. The van der Waals surface area contributed by atoms with Gasteiger partial charge in [-0.1, -0.05) is 12.1 Å². The van der Waals surface area contributed by atoms with Crippen molar-refractivity contribution < 1.29 is 26.2 Å². The van der Waals surface area contributed by atoms with Crippen molar-refractivity contribution in [3.63, 3.8) is 0 Å². The summed E-state index contributed by atoms with van der Waals surface area (Å²) >= 11 is 0. The molecule has 5 nitrogen and oxygen atoms in total. The minimum absolute atomic E-state index is 0. The second kappa shape index (κ2) is 8.06. The first-order valence-electron chi connectivity index (χ1n) is 9.44. The molecule has 2 aliphatic rings. The number of benzene rings is 1. The molecule has 0 amide bonds. The van der Waals surface area contributed by atoms with E-state index in [-0.39, 0.29) is 17.0 Å². The maximum absolute atomic E-state index is 5.60. The van der Waals surface area contributed by atoms with Gasteiger partial charge < -0.3 is 35.7 Å². The number of hydrogen-bond acceptors (Lipinski definition) is 3. The van der Waals surface area contributed by atoms with Crippen molar-refractivity contribution in [2.75, 3.05) is 57.4 Å². The zero-order chi connectivity index (χ0) is 16.4. The number of anilines is 1. The molecule has 138 valence electrons. The second-order valence-electron chi connectivity index (χ2n) is 7.18. The van der Waals surface area contributed by atoms with E-state index in [1.165, 1.54) is 49.0 Å². The topological polar surface area (TPSA) is 30.3 Å². The van der Waals surface area contributed by atoms with Crippen molar-refractivity contribution in [1.29, 1.82) is 0 Å². The molecule has 25 heavy (non-hydrogen) atoms. The molecule has 0 radical (unpaired) electrons. The van der Waals surface area contributed by atoms with Gasteiger partial charge in [-0.25, -0.2) is 4.98 Å². The number of nitrogens with zero attached hydrogens (tertiary/aromatic N) is 4. The minimum Gasteiger partial charge on any atom is -1.00 e. The minimum atomic E-state index is 0. The highest BCUT2D eigenvalue weighted by Crippen LogP contribution is 2.27. The molecule has 2 fully saturated rings. The third-order valence-corrected chi connectivity index (χ3v) is 5.78. The van der Waals surface area contributed by atoms with E-state index in [9.17, 15) is 0 Å². The second-order valence-corrected chi connectivity index (χ2v) is 7.18. The standard InChI is InChI=1S/C19H29N4O.BrH/c1-2-24-16-11-22-18-8-4-3-7-17(18)20-19(22)21-9-14-23(15-10-21)12-5-6-13-23;/h3-4,7-8H,2,5-6,9-16H2,1H3;1H/q+1;/p-1. The molecule has 2 aliphatic heterocycles. The third-order valence-electron chi connectivity index (χ3n) is 5.78. The van der Waals surface area contributed by atoms with Crippen LogP contribution in [0, 0.1) is 0 Å². The fourth-order valence-corrected chi connectivity index (χ4v) is 4.37. The van der Waals surface area contributed by atoms with Crippen LogP contribution in [0.4, 0.5) is 5.95 Å². The van der Waals surface area contributed by atoms with Crippen LogP contribution in [0.5, 0.6) is 0 Å². The van der Waals surface area contributed by atoms with Crippen LogP contribution in [0.15, 0.2) is 24.3 Å². The van der Waals surface area contributed by atoms with Crippen LogP contribution in [0.3, 0.4) is 0 Å². The van der Waals surface area contributed by atoms with Gasteiger partial charge in [0.25, 0.3) is 0 Å². The summed E-state index contributed by atoms with van der Waals surface area (Å²) in [5, 5.41) is 0. The van der Waals surface area contributed by atoms with E-state index >= 15 is 0 Å². The van der Waals surface area contributed by atoms with Crippen LogP contribution in [0.2, 0.25) is 0 Å². The molecule has 0 N–H and O–H groups in total. The summed E-state index contributed by atoms with van der Waals surface area (Å²) in [5.74, 6) is 1.13. The van der Waals surface area contributed by atoms with E-state index in [2.05, 4.69) is 40.7 Å².